The monoisotopic (exact) mass is 353 g/mol. The molecule has 1 aromatic carbocycles. The highest BCUT2D eigenvalue weighted by Crippen LogP contribution is 2.43. The quantitative estimate of drug-likeness (QED) is 0.770. The summed E-state index contributed by atoms with van der Waals surface area (Å²) in [7, 11) is 2.00. The lowest BCUT2D eigenvalue weighted by atomic mass is 9.72. The van der Waals surface area contributed by atoms with Gasteiger partial charge in [-0.25, -0.2) is 4.79 Å². The van der Waals surface area contributed by atoms with Crippen molar-refractivity contribution in [2.75, 3.05) is 13.6 Å². The molecule has 1 aliphatic heterocycles. The number of halogens is 1. The Morgan fingerprint density at radius 2 is 1.90 bits per heavy atom. The summed E-state index contributed by atoms with van der Waals surface area (Å²) < 4.78 is 6.74. The number of carbonyl (C=O) groups excluding carboxylic acids is 1. The second-order valence-corrected chi connectivity index (χ2v) is 7.79. The van der Waals surface area contributed by atoms with Crippen LogP contribution in [0.25, 0.3) is 0 Å². The van der Waals surface area contributed by atoms with Crippen LogP contribution in [0.5, 0.6) is 0 Å². The van der Waals surface area contributed by atoms with Crippen LogP contribution in [0.1, 0.15) is 45.6 Å². The highest BCUT2D eigenvalue weighted by molar-refractivity contribution is 9.10. The van der Waals surface area contributed by atoms with E-state index in [0.717, 1.165) is 23.0 Å². The van der Waals surface area contributed by atoms with Gasteiger partial charge in [0.2, 0.25) is 0 Å². The number of likely N-dealkylation sites (tertiary alicyclic amines) is 1. The highest BCUT2D eigenvalue weighted by atomic mass is 79.9. The van der Waals surface area contributed by atoms with Crippen LogP contribution in [0.15, 0.2) is 28.7 Å². The van der Waals surface area contributed by atoms with E-state index in [1.807, 2.05) is 40.0 Å². The first-order valence-electron chi connectivity index (χ1n) is 7.37. The molecular formula is C17H24BrNO2. The van der Waals surface area contributed by atoms with E-state index in [4.69, 9.17) is 4.74 Å². The summed E-state index contributed by atoms with van der Waals surface area (Å²) in [5.74, 6) is -0.0154. The van der Waals surface area contributed by atoms with Gasteiger partial charge in [0, 0.05) is 16.9 Å². The minimum Gasteiger partial charge on any atom is -0.459 e. The number of nitrogens with zero attached hydrogens (tertiary/aromatic N) is 1. The van der Waals surface area contributed by atoms with Crippen molar-refractivity contribution in [1.29, 1.82) is 0 Å². The molecule has 0 radical (unpaired) electrons. The first kappa shape index (κ1) is 16.5. The zero-order chi connectivity index (χ0) is 15.8. The Labute approximate surface area is 135 Å². The summed E-state index contributed by atoms with van der Waals surface area (Å²) in [6.07, 6.45) is 0.843. The minimum atomic E-state index is -0.541. The Kier molecular flexibility index (Phi) is 4.50. The number of ether oxygens (including phenoxy) is 1. The third-order valence-electron chi connectivity index (χ3n) is 4.35. The van der Waals surface area contributed by atoms with Crippen LogP contribution in [0, 0.1) is 0 Å². The Morgan fingerprint density at radius 3 is 2.29 bits per heavy atom. The third kappa shape index (κ3) is 3.16. The standard InChI is InChI=1S/C17H24BrNO2/c1-12(13-6-8-14(18)9-7-13)17(10-11-19(17)5)15(20)21-16(2,3)4/h6-9,12H,10-11H2,1-5H3. The summed E-state index contributed by atoms with van der Waals surface area (Å²) in [5.41, 5.74) is 0.164. The smallest absolute Gasteiger partial charge is 0.327 e. The lowest BCUT2D eigenvalue weighted by molar-refractivity contribution is -0.180. The van der Waals surface area contributed by atoms with Gasteiger partial charge >= 0.3 is 5.97 Å². The topological polar surface area (TPSA) is 29.5 Å². The summed E-state index contributed by atoms with van der Waals surface area (Å²) in [6, 6.07) is 8.20. The summed E-state index contributed by atoms with van der Waals surface area (Å²) in [4.78, 5) is 14.9. The van der Waals surface area contributed by atoms with Gasteiger partial charge in [0.25, 0.3) is 0 Å². The minimum absolute atomic E-state index is 0.0965. The molecule has 1 saturated heterocycles. The molecule has 21 heavy (non-hydrogen) atoms. The molecule has 2 rings (SSSR count). The van der Waals surface area contributed by atoms with E-state index < -0.39 is 11.1 Å². The average molecular weight is 354 g/mol. The predicted molar refractivity (Wildman–Crippen MR) is 88.4 cm³/mol. The molecule has 3 nitrogen and oxygen atoms in total. The Morgan fingerprint density at radius 1 is 1.33 bits per heavy atom. The van der Waals surface area contributed by atoms with Gasteiger partial charge in [0.15, 0.2) is 0 Å². The van der Waals surface area contributed by atoms with E-state index in [0.29, 0.717) is 0 Å². The largest absolute Gasteiger partial charge is 0.459 e. The van der Waals surface area contributed by atoms with Crippen LogP contribution in [-0.4, -0.2) is 35.6 Å². The molecule has 0 saturated carbocycles. The van der Waals surface area contributed by atoms with Gasteiger partial charge in [-0.2, -0.15) is 0 Å². The number of carbonyl (C=O) groups is 1. The number of esters is 1. The van der Waals surface area contributed by atoms with E-state index in [2.05, 4.69) is 39.9 Å². The molecule has 0 spiro atoms. The number of hydrogen-bond donors (Lipinski definition) is 0. The molecule has 0 bridgehead atoms. The van der Waals surface area contributed by atoms with Crippen molar-refractivity contribution in [2.45, 2.75) is 51.2 Å². The van der Waals surface area contributed by atoms with Crippen LogP contribution < -0.4 is 0 Å². The fraction of sp³-hybridized carbons (Fsp3) is 0.588. The number of rotatable bonds is 3. The fourth-order valence-electron chi connectivity index (χ4n) is 2.95. The zero-order valence-electron chi connectivity index (χ0n) is 13.4. The van der Waals surface area contributed by atoms with Gasteiger partial charge in [0.1, 0.15) is 11.1 Å². The molecule has 4 heteroatoms. The summed E-state index contributed by atoms with van der Waals surface area (Å²) in [5, 5.41) is 0. The Balaban J connectivity index is 2.30. The maximum atomic E-state index is 12.8. The van der Waals surface area contributed by atoms with Crippen LogP contribution in [0.3, 0.4) is 0 Å². The highest BCUT2D eigenvalue weighted by Gasteiger charge is 2.55. The molecule has 1 fully saturated rings. The maximum absolute atomic E-state index is 12.8. The molecule has 0 aromatic heterocycles. The van der Waals surface area contributed by atoms with E-state index in [-0.39, 0.29) is 11.9 Å². The molecule has 1 aliphatic rings. The lowest BCUT2D eigenvalue weighted by Gasteiger charge is -2.52. The molecule has 0 N–H and O–H groups in total. The molecule has 0 amide bonds. The first-order valence-corrected chi connectivity index (χ1v) is 8.16. The van der Waals surface area contributed by atoms with Gasteiger partial charge in [-0.1, -0.05) is 35.0 Å². The SMILES string of the molecule is CC(c1ccc(Br)cc1)C1(C(=O)OC(C)(C)C)CCN1C. The van der Waals surface area contributed by atoms with Crippen molar-refractivity contribution in [3.63, 3.8) is 0 Å². The average Bonchev–Trinajstić information content (AvgIpc) is 2.36. The number of hydrogen-bond acceptors (Lipinski definition) is 3. The molecule has 1 aromatic rings. The second-order valence-electron chi connectivity index (χ2n) is 6.87. The van der Waals surface area contributed by atoms with E-state index in [1.165, 1.54) is 0 Å². The van der Waals surface area contributed by atoms with E-state index >= 15 is 0 Å². The first-order chi connectivity index (χ1) is 9.67. The zero-order valence-corrected chi connectivity index (χ0v) is 15.0. The Bertz CT molecular complexity index is 521. The van der Waals surface area contributed by atoms with Gasteiger partial charge < -0.3 is 4.74 Å². The van der Waals surface area contributed by atoms with Crippen molar-refractivity contribution < 1.29 is 9.53 Å². The number of likely N-dealkylation sites (N-methyl/N-ethyl adjacent to an activating group) is 1. The molecule has 2 atom stereocenters. The van der Waals surface area contributed by atoms with Crippen molar-refractivity contribution in [3.05, 3.63) is 34.3 Å². The van der Waals surface area contributed by atoms with Crippen LogP contribution in [-0.2, 0) is 9.53 Å². The van der Waals surface area contributed by atoms with Crippen LogP contribution in [0.4, 0.5) is 0 Å². The molecule has 2 unspecified atom stereocenters. The van der Waals surface area contributed by atoms with Gasteiger partial charge in [-0.15, -0.1) is 0 Å². The predicted octanol–water partition coefficient (Wildman–Crippen LogP) is 3.97. The lowest BCUT2D eigenvalue weighted by Crippen LogP contribution is -2.66. The maximum Gasteiger partial charge on any atom is 0.327 e. The van der Waals surface area contributed by atoms with Gasteiger partial charge in [-0.3, -0.25) is 4.90 Å². The van der Waals surface area contributed by atoms with E-state index in [9.17, 15) is 4.79 Å². The summed E-state index contributed by atoms with van der Waals surface area (Å²) >= 11 is 3.45. The molecule has 0 aliphatic carbocycles. The normalized spacial score (nSPS) is 24.3. The molecule has 116 valence electrons. The van der Waals surface area contributed by atoms with Gasteiger partial charge in [0.05, 0.1) is 0 Å². The van der Waals surface area contributed by atoms with Crippen molar-refractivity contribution in [2.24, 2.45) is 0 Å². The number of benzene rings is 1. The fourth-order valence-corrected chi connectivity index (χ4v) is 3.22. The van der Waals surface area contributed by atoms with Crippen LogP contribution >= 0.6 is 15.9 Å². The molecule has 1 heterocycles. The van der Waals surface area contributed by atoms with Crippen molar-refractivity contribution in [1.82, 2.24) is 4.90 Å². The second kappa shape index (κ2) is 5.73. The van der Waals surface area contributed by atoms with E-state index in [1.54, 1.807) is 0 Å². The van der Waals surface area contributed by atoms with Crippen molar-refractivity contribution in [3.8, 4) is 0 Å². The molecular weight excluding hydrogens is 330 g/mol. The Hall–Kier alpha value is -0.870. The van der Waals surface area contributed by atoms with Crippen molar-refractivity contribution >= 4 is 21.9 Å². The van der Waals surface area contributed by atoms with Gasteiger partial charge in [-0.05, 0) is 51.9 Å². The third-order valence-corrected chi connectivity index (χ3v) is 4.88. The van der Waals surface area contributed by atoms with Crippen LogP contribution in [0.2, 0.25) is 0 Å². The summed E-state index contributed by atoms with van der Waals surface area (Å²) in [6.45, 7) is 8.80.